The van der Waals surface area contributed by atoms with Crippen LogP contribution < -0.4 is 14.8 Å². The van der Waals surface area contributed by atoms with E-state index in [-0.39, 0.29) is 0 Å². The van der Waals surface area contributed by atoms with E-state index < -0.39 is 0 Å². The Bertz CT molecular complexity index is 413. The lowest BCUT2D eigenvalue weighted by atomic mass is 10.1. The monoisotopic (exact) mass is 248 g/mol. The Kier molecular flexibility index (Phi) is 6.03. The summed E-state index contributed by atoms with van der Waals surface area (Å²) in [4.78, 5) is 0. The van der Waals surface area contributed by atoms with Crippen molar-refractivity contribution in [2.75, 3.05) is 20.8 Å². The lowest BCUT2D eigenvalue weighted by Gasteiger charge is -2.14. The van der Waals surface area contributed by atoms with Gasteiger partial charge in [-0.25, -0.2) is 0 Å². The standard InChI is InChI=1S/C14H20N2O2/c1-11(16-8-4-7-15)9-12-5-6-13(17-2)14(10-12)18-3/h5-6,10-11,16H,4,8-9H2,1-3H3. The molecule has 0 aliphatic rings. The Morgan fingerprint density at radius 2 is 2.00 bits per heavy atom. The van der Waals surface area contributed by atoms with Crippen LogP contribution in [0.15, 0.2) is 18.2 Å². The molecule has 1 atom stereocenters. The first-order valence-electron chi connectivity index (χ1n) is 6.02. The van der Waals surface area contributed by atoms with Gasteiger partial charge in [-0.1, -0.05) is 6.07 Å². The molecule has 0 bridgehead atoms. The van der Waals surface area contributed by atoms with Crippen LogP contribution in [0.2, 0.25) is 0 Å². The zero-order chi connectivity index (χ0) is 13.4. The van der Waals surface area contributed by atoms with E-state index in [1.165, 1.54) is 5.56 Å². The second-order valence-corrected chi connectivity index (χ2v) is 4.16. The molecule has 0 radical (unpaired) electrons. The van der Waals surface area contributed by atoms with Crippen LogP contribution in [-0.2, 0) is 6.42 Å². The van der Waals surface area contributed by atoms with E-state index in [0.29, 0.717) is 12.5 Å². The summed E-state index contributed by atoms with van der Waals surface area (Å²) in [7, 11) is 3.26. The van der Waals surface area contributed by atoms with E-state index >= 15 is 0 Å². The first-order valence-corrected chi connectivity index (χ1v) is 6.02. The van der Waals surface area contributed by atoms with Gasteiger partial charge in [-0.15, -0.1) is 0 Å². The molecule has 0 saturated carbocycles. The van der Waals surface area contributed by atoms with Crippen molar-refractivity contribution in [2.24, 2.45) is 0 Å². The SMILES string of the molecule is COc1ccc(CC(C)NCCC#N)cc1OC. The Morgan fingerprint density at radius 1 is 1.28 bits per heavy atom. The zero-order valence-corrected chi connectivity index (χ0v) is 11.2. The Balaban J connectivity index is 2.59. The molecule has 4 nitrogen and oxygen atoms in total. The van der Waals surface area contributed by atoms with Crippen LogP contribution in [-0.4, -0.2) is 26.8 Å². The van der Waals surface area contributed by atoms with E-state index in [2.05, 4.69) is 18.3 Å². The number of benzene rings is 1. The number of methoxy groups -OCH3 is 2. The number of rotatable bonds is 7. The molecular formula is C14H20N2O2. The van der Waals surface area contributed by atoms with E-state index in [0.717, 1.165) is 24.5 Å². The normalized spacial score (nSPS) is 11.7. The van der Waals surface area contributed by atoms with Gasteiger partial charge in [0.2, 0.25) is 0 Å². The molecule has 1 rings (SSSR count). The molecule has 0 aliphatic carbocycles. The van der Waals surface area contributed by atoms with Crippen molar-refractivity contribution >= 4 is 0 Å². The third kappa shape index (κ3) is 4.27. The first-order chi connectivity index (χ1) is 8.71. The second kappa shape index (κ2) is 7.57. The highest BCUT2D eigenvalue weighted by molar-refractivity contribution is 5.43. The van der Waals surface area contributed by atoms with E-state index in [9.17, 15) is 0 Å². The van der Waals surface area contributed by atoms with Gasteiger partial charge in [-0.2, -0.15) is 5.26 Å². The minimum atomic E-state index is 0.330. The van der Waals surface area contributed by atoms with Crippen LogP contribution in [0.5, 0.6) is 11.5 Å². The summed E-state index contributed by atoms with van der Waals surface area (Å²) >= 11 is 0. The zero-order valence-electron chi connectivity index (χ0n) is 11.2. The maximum Gasteiger partial charge on any atom is 0.160 e. The molecule has 1 aromatic rings. The molecule has 98 valence electrons. The van der Waals surface area contributed by atoms with E-state index in [1.54, 1.807) is 14.2 Å². The summed E-state index contributed by atoms with van der Waals surface area (Å²) < 4.78 is 10.5. The molecule has 0 fully saturated rings. The summed E-state index contributed by atoms with van der Waals surface area (Å²) in [5, 5.41) is 11.8. The quantitative estimate of drug-likeness (QED) is 0.751. The highest BCUT2D eigenvalue weighted by atomic mass is 16.5. The van der Waals surface area contributed by atoms with Crippen molar-refractivity contribution < 1.29 is 9.47 Å². The van der Waals surface area contributed by atoms with Crippen LogP contribution in [0.25, 0.3) is 0 Å². The van der Waals surface area contributed by atoms with Crippen molar-refractivity contribution in [1.29, 1.82) is 5.26 Å². The molecule has 0 saturated heterocycles. The average molecular weight is 248 g/mol. The maximum absolute atomic E-state index is 8.47. The average Bonchev–Trinajstić information content (AvgIpc) is 2.39. The predicted octanol–water partition coefficient (Wildman–Crippen LogP) is 2.14. The molecular weight excluding hydrogens is 228 g/mol. The van der Waals surface area contributed by atoms with Gasteiger partial charge >= 0.3 is 0 Å². The van der Waals surface area contributed by atoms with Crippen molar-refractivity contribution in [3.8, 4) is 17.6 Å². The highest BCUT2D eigenvalue weighted by Crippen LogP contribution is 2.27. The lowest BCUT2D eigenvalue weighted by molar-refractivity contribution is 0.354. The van der Waals surface area contributed by atoms with Crippen LogP contribution in [0, 0.1) is 11.3 Å². The molecule has 0 heterocycles. The number of nitriles is 1. The van der Waals surface area contributed by atoms with Crippen molar-refractivity contribution in [3.05, 3.63) is 23.8 Å². The Labute approximate surface area is 109 Å². The molecule has 1 N–H and O–H groups in total. The maximum atomic E-state index is 8.47. The number of nitrogens with zero attached hydrogens (tertiary/aromatic N) is 1. The molecule has 1 aromatic carbocycles. The lowest BCUT2D eigenvalue weighted by Crippen LogP contribution is -2.28. The smallest absolute Gasteiger partial charge is 0.160 e. The highest BCUT2D eigenvalue weighted by Gasteiger charge is 2.07. The summed E-state index contributed by atoms with van der Waals surface area (Å²) in [5.74, 6) is 1.49. The van der Waals surface area contributed by atoms with Crippen molar-refractivity contribution in [1.82, 2.24) is 5.32 Å². The van der Waals surface area contributed by atoms with Gasteiger partial charge < -0.3 is 14.8 Å². The fraction of sp³-hybridized carbons (Fsp3) is 0.500. The van der Waals surface area contributed by atoms with Gasteiger partial charge in [0, 0.05) is 19.0 Å². The number of ether oxygens (including phenoxy) is 2. The number of hydrogen-bond donors (Lipinski definition) is 1. The molecule has 0 aliphatic heterocycles. The number of nitrogens with one attached hydrogen (secondary N) is 1. The van der Waals surface area contributed by atoms with Crippen LogP contribution >= 0.6 is 0 Å². The third-order valence-corrected chi connectivity index (χ3v) is 2.72. The van der Waals surface area contributed by atoms with Gasteiger partial charge in [0.1, 0.15) is 0 Å². The molecule has 0 amide bonds. The summed E-state index contributed by atoms with van der Waals surface area (Å²) in [6.45, 7) is 2.83. The Hall–Kier alpha value is -1.73. The molecule has 0 aromatic heterocycles. The summed E-state index contributed by atoms with van der Waals surface area (Å²) in [6, 6.07) is 8.38. The molecule has 4 heteroatoms. The second-order valence-electron chi connectivity index (χ2n) is 4.16. The van der Waals surface area contributed by atoms with Crippen LogP contribution in [0.1, 0.15) is 18.9 Å². The van der Waals surface area contributed by atoms with Crippen LogP contribution in [0.3, 0.4) is 0 Å². The first kappa shape index (κ1) is 14.3. The largest absolute Gasteiger partial charge is 0.493 e. The Morgan fingerprint density at radius 3 is 2.61 bits per heavy atom. The van der Waals surface area contributed by atoms with Crippen molar-refractivity contribution in [2.45, 2.75) is 25.8 Å². The topological polar surface area (TPSA) is 54.3 Å². The van der Waals surface area contributed by atoms with Gasteiger partial charge in [-0.05, 0) is 31.0 Å². The molecule has 0 spiro atoms. The molecule has 1 unspecified atom stereocenters. The fourth-order valence-corrected chi connectivity index (χ4v) is 1.81. The van der Waals surface area contributed by atoms with Gasteiger partial charge in [0.05, 0.1) is 20.3 Å². The van der Waals surface area contributed by atoms with Crippen molar-refractivity contribution in [3.63, 3.8) is 0 Å². The predicted molar refractivity (Wildman–Crippen MR) is 70.9 cm³/mol. The van der Waals surface area contributed by atoms with E-state index in [4.69, 9.17) is 14.7 Å². The van der Waals surface area contributed by atoms with E-state index in [1.807, 2.05) is 18.2 Å². The minimum Gasteiger partial charge on any atom is -0.493 e. The van der Waals surface area contributed by atoms with Gasteiger partial charge in [0.25, 0.3) is 0 Å². The minimum absolute atomic E-state index is 0.330. The third-order valence-electron chi connectivity index (χ3n) is 2.72. The molecule has 18 heavy (non-hydrogen) atoms. The summed E-state index contributed by atoms with van der Waals surface area (Å²) in [5.41, 5.74) is 1.18. The fourth-order valence-electron chi connectivity index (χ4n) is 1.81. The number of hydrogen-bond acceptors (Lipinski definition) is 4. The van der Waals surface area contributed by atoms with Gasteiger partial charge in [0.15, 0.2) is 11.5 Å². The van der Waals surface area contributed by atoms with Gasteiger partial charge in [-0.3, -0.25) is 0 Å². The van der Waals surface area contributed by atoms with Crippen LogP contribution in [0.4, 0.5) is 0 Å². The summed E-state index contributed by atoms with van der Waals surface area (Å²) in [6.07, 6.45) is 1.43.